The number of allylic oxidation sites excluding steroid dienone is 3. The van der Waals surface area contributed by atoms with Crippen molar-refractivity contribution in [2.75, 3.05) is 25.5 Å². The average Bonchev–Trinajstić information content (AvgIpc) is 3.25. The van der Waals surface area contributed by atoms with Crippen molar-refractivity contribution in [3.8, 4) is 0 Å². The van der Waals surface area contributed by atoms with E-state index in [1.165, 1.54) is 49.4 Å². The van der Waals surface area contributed by atoms with Gasteiger partial charge in [0.15, 0.2) is 0 Å². The third-order valence-corrected chi connectivity index (χ3v) is 8.29. The monoisotopic (exact) mass is 614 g/mol. The Balaban J connectivity index is 0.000000802. The van der Waals surface area contributed by atoms with Gasteiger partial charge in [0.05, 0.1) is 0 Å². The van der Waals surface area contributed by atoms with E-state index in [0.29, 0.717) is 5.92 Å². The van der Waals surface area contributed by atoms with Crippen LogP contribution in [0.2, 0.25) is 0 Å². The lowest BCUT2D eigenvalue weighted by Crippen LogP contribution is -2.22. The molecule has 3 atom stereocenters. The van der Waals surface area contributed by atoms with Crippen molar-refractivity contribution in [3.05, 3.63) is 96.0 Å². The number of piperidine rings is 1. The molecule has 5 rings (SSSR count). The van der Waals surface area contributed by atoms with E-state index in [2.05, 4.69) is 59.8 Å². The highest BCUT2D eigenvalue weighted by molar-refractivity contribution is 6.48. The van der Waals surface area contributed by atoms with E-state index in [0.717, 1.165) is 48.6 Å². The Morgan fingerprint density at radius 1 is 1.09 bits per heavy atom. The Kier molecular flexibility index (Phi) is 19.3. The number of pyridine rings is 1. The van der Waals surface area contributed by atoms with Crippen LogP contribution in [0.25, 0.3) is 10.8 Å². The maximum atomic E-state index is 13.0. The predicted molar refractivity (Wildman–Crippen MR) is 194 cm³/mol. The van der Waals surface area contributed by atoms with Crippen LogP contribution in [-0.4, -0.2) is 41.8 Å². The maximum absolute atomic E-state index is 13.0. The zero-order valence-electron chi connectivity index (χ0n) is 27.7. The number of nitrogens with one attached hydrogen (secondary N) is 3. The molecule has 45 heavy (non-hydrogen) atoms. The summed E-state index contributed by atoms with van der Waals surface area (Å²) < 4.78 is 0. The van der Waals surface area contributed by atoms with Gasteiger partial charge in [-0.05, 0) is 104 Å². The summed E-state index contributed by atoms with van der Waals surface area (Å²) in [5.74, 6) is 0.579. The third kappa shape index (κ3) is 12.0. The molecule has 246 valence electrons. The number of benzene rings is 2. The van der Waals surface area contributed by atoms with Gasteiger partial charge in [-0.1, -0.05) is 84.4 Å². The van der Waals surface area contributed by atoms with E-state index in [1.54, 1.807) is 6.20 Å². The number of rotatable bonds is 7. The first-order chi connectivity index (χ1) is 21.5. The van der Waals surface area contributed by atoms with E-state index >= 15 is 0 Å². The fraction of sp³-hybridized carbons (Fsp3) is 0.462. The van der Waals surface area contributed by atoms with E-state index in [9.17, 15) is 4.79 Å². The van der Waals surface area contributed by atoms with E-state index < -0.39 is 0 Å². The molecule has 6 nitrogen and oxygen atoms in total. The number of carbonyl (C=O) groups is 1. The number of fused-ring (bicyclic) bond motifs is 1. The van der Waals surface area contributed by atoms with Gasteiger partial charge in [-0.25, -0.2) is 0 Å². The van der Waals surface area contributed by atoms with Crippen LogP contribution in [-0.2, 0) is 4.79 Å². The molecule has 2 aliphatic rings. The number of anilines is 1. The van der Waals surface area contributed by atoms with Crippen LogP contribution < -0.4 is 10.6 Å². The van der Waals surface area contributed by atoms with Crippen LogP contribution in [0.3, 0.4) is 0 Å². The molecule has 4 N–H and O–H groups in total. The van der Waals surface area contributed by atoms with Crippen LogP contribution in [0, 0.1) is 24.2 Å². The van der Waals surface area contributed by atoms with Crippen molar-refractivity contribution in [3.63, 3.8) is 0 Å². The van der Waals surface area contributed by atoms with Crippen molar-refractivity contribution in [2.24, 2.45) is 11.8 Å². The molecular formula is C39H58N4O2. The highest BCUT2D eigenvalue weighted by atomic mass is 16.2. The summed E-state index contributed by atoms with van der Waals surface area (Å²) in [7, 11) is 1.00. The van der Waals surface area contributed by atoms with Crippen LogP contribution >= 0.6 is 0 Å². The van der Waals surface area contributed by atoms with Gasteiger partial charge < -0.3 is 15.7 Å². The average molecular weight is 615 g/mol. The molecule has 0 spiro atoms. The van der Waals surface area contributed by atoms with Gasteiger partial charge in [-0.3, -0.25) is 15.2 Å². The number of aliphatic hydroxyl groups is 1. The SMILES string of the molecule is C.C1CCNCC1.CC.CCC1CC=C(C(=N)C(=O)/C=C\Nc2cccc(C)c2)C(C)C(c2cccc3cnccc23)C1.CO. The molecule has 2 aromatic carbocycles. The van der Waals surface area contributed by atoms with E-state index in [1.807, 2.05) is 57.4 Å². The lowest BCUT2D eigenvalue weighted by Gasteiger charge is -2.28. The largest absolute Gasteiger partial charge is 0.400 e. The lowest BCUT2D eigenvalue weighted by atomic mass is 9.76. The van der Waals surface area contributed by atoms with Gasteiger partial charge in [0, 0.05) is 42.9 Å². The Bertz CT molecular complexity index is 1340. The molecule has 6 heteroatoms. The zero-order valence-corrected chi connectivity index (χ0v) is 27.7. The van der Waals surface area contributed by atoms with Gasteiger partial charge >= 0.3 is 0 Å². The topological polar surface area (TPSA) is 98.1 Å². The maximum Gasteiger partial charge on any atom is 0.205 e. The first kappa shape index (κ1) is 39.4. The lowest BCUT2D eigenvalue weighted by molar-refractivity contribution is -0.108. The number of aliphatic hydroxyl groups excluding tert-OH is 1. The fourth-order valence-corrected chi connectivity index (χ4v) is 5.86. The standard InChI is InChI=1S/C30H33N3O.C5H11N.C2H6.CH4O.CH4/c1-4-22-11-12-25(30(31)29(34)14-16-33-24-9-5-7-20(2)17-24)21(3)28(18-22)27-10-6-8-23-19-32-15-13-26(23)27;1-2-4-6-5-3-1;2*1-2;/h5-10,12-17,19,21-22,28,31,33H,4,11,18H2,1-3H3;6H,1-5H2;1-2H3;2H,1H3;1H4/b16-14-,31-30?;;;;. The van der Waals surface area contributed by atoms with Gasteiger partial charge in [-0.15, -0.1) is 0 Å². The van der Waals surface area contributed by atoms with Crippen molar-refractivity contribution in [1.82, 2.24) is 10.3 Å². The molecule has 2 heterocycles. The fourth-order valence-electron chi connectivity index (χ4n) is 5.86. The first-order valence-corrected chi connectivity index (χ1v) is 16.3. The molecule has 0 radical (unpaired) electrons. The minimum atomic E-state index is -0.269. The van der Waals surface area contributed by atoms with Crippen molar-refractivity contribution < 1.29 is 9.90 Å². The van der Waals surface area contributed by atoms with Gasteiger partial charge in [0.1, 0.15) is 5.71 Å². The molecule has 0 saturated carbocycles. The Labute approximate surface area is 273 Å². The van der Waals surface area contributed by atoms with Crippen LogP contribution in [0.15, 0.2) is 84.8 Å². The normalized spacial score (nSPS) is 19.1. The molecule has 1 aliphatic carbocycles. The molecule has 0 bridgehead atoms. The molecule has 1 aliphatic heterocycles. The van der Waals surface area contributed by atoms with Gasteiger partial charge in [0.25, 0.3) is 0 Å². The minimum Gasteiger partial charge on any atom is -0.400 e. The van der Waals surface area contributed by atoms with Crippen LogP contribution in [0.4, 0.5) is 5.69 Å². The molecule has 1 aromatic heterocycles. The molecule has 3 unspecified atom stereocenters. The summed E-state index contributed by atoms with van der Waals surface area (Å²) in [5.41, 5.74) is 4.32. The number of hydrogen-bond acceptors (Lipinski definition) is 6. The number of carbonyl (C=O) groups excluding carboxylic acids is 1. The molecular weight excluding hydrogens is 556 g/mol. The first-order valence-electron chi connectivity index (χ1n) is 16.3. The second kappa shape index (κ2) is 22.0. The number of ketones is 1. The number of nitrogens with zero attached hydrogens (tertiary/aromatic N) is 1. The Hall–Kier alpha value is -3.61. The molecule has 3 aromatic rings. The number of aryl methyl sites for hydroxylation is 1. The van der Waals surface area contributed by atoms with Crippen molar-refractivity contribution in [2.45, 2.75) is 86.5 Å². The van der Waals surface area contributed by atoms with Crippen molar-refractivity contribution in [1.29, 1.82) is 5.41 Å². The molecule has 1 fully saturated rings. The number of aromatic nitrogens is 1. The smallest absolute Gasteiger partial charge is 0.205 e. The Morgan fingerprint density at radius 2 is 1.80 bits per heavy atom. The van der Waals surface area contributed by atoms with Gasteiger partial charge in [-0.2, -0.15) is 0 Å². The molecule has 0 amide bonds. The minimum absolute atomic E-state index is 0. The second-order valence-electron chi connectivity index (χ2n) is 11.1. The summed E-state index contributed by atoms with van der Waals surface area (Å²) in [6.07, 6.45) is 16.3. The summed E-state index contributed by atoms with van der Waals surface area (Å²) in [6, 6.07) is 16.5. The number of hydrogen-bond donors (Lipinski definition) is 4. The van der Waals surface area contributed by atoms with Gasteiger partial charge in [0.2, 0.25) is 5.78 Å². The third-order valence-electron chi connectivity index (χ3n) is 8.29. The summed E-state index contributed by atoms with van der Waals surface area (Å²) in [4.78, 5) is 17.2. The zero-order chi connectivity index (χ0) is 32.3. The summed E-state index contributed by atoms with van der Waals surface area (Å²) in [5, 5.41) is 24.5. The second-order valence-corrected chi connectivity index (χ2v) is 11.1. The van der Waals surface area contributed by atoms with Crippen molar-refractivity contribution >= 4 is 28.0 Å². The van der Waals surface area contributed by atoms with Crippen LogP contribution in [0.1, 0.15) is 90.7 Å². The van der Waals surface area contributed by atoms with E-state index in [-0.39, 0.29) is 30.8 Å². The highest BCUT2D eigenvalue weighted by Crippen LogP contribution is 2.42. The summed E-state index contributed by atoms with van der Waals surface area (Å²) in [6.45, 7) is 12.9. The van der Waals surface area contributed by atoms with Crippen LogP contribution in [0.5, 0.6) is 0 Å². The van der Waals surface area contributed by atoms with E-state index in [4.69, 9.17) is 10.5 Å². The quantitative estimate of drug-likeness (QED) is 0.157. The predicted octanol–water partition coefficient (Wildman–Crippen LogP) is 9.25. The molecule has 1 saturated heterocycles. The summed E-state index contributed by atoms with van der Waals surface area (Å²) >= 11 is 0. The Morgan fingerprint density at radius 3 is 2.42 bits per heavy atom. The highest BCUT2D eigenvalue weighted by Gasteiger charge is 2.32.